The third-order valence-electron chi connectivity index (χ3n) is 8.41. The first kappa shape index (κ1) is 28.2. The van der Waals surface area contributed by atoms with E-state index in [1.54, 1.807) is 12.4 Å². The fourth-order valence-corrected chi connectivity index (χ4v) is 5.80. The van der Waals surface area contributed by atoms with Crippen molar-refractivity contribution in [1.82, 2.24) is 9.97 Å². The van der Waals surface area contributed by atoms with Crippen LogP contribution in [0.25, 0.3) is 0 Å². The first-order chi connectivity index (χ1) is 20.8. The standard InChI is InChI=1S/C39H34N2O2/c1-37(2,35-25-23-33(27-40-35)38(42,29-15-7-3-8-16-29)30-17-9-4-10-18-30)36-26-24-34(28-41-36)39(43,31-19-11-5-12-20-31)32-21-13-6-14-22-32/h3-28,42-43H,1-2H3. The highest BCUT2D eigenvalue weighted by atomic mass is 16.3. The minimum absolute atomic E-state index is 0.535. The molecule has 2 N–H and O–H groups in total. The first-order valence-corrected chi connectivity index (χ1v) is 14.5. The summed E-state index contributed by atoms with van der Waals surface area (Å²) >= 11 is 0. The normalized spacial score (nSPS) is 12.2. The molecule has 0 fully saturated rings. The lowest BCUT2D eigenvalue weighted by atomic mass is 9.79. The van der Waals surface area contributed by atoms with E-state index in [0.717, 1.165) is 33.6 Å². The minimum Gasteiger partial charge on any atom is -0.376 e. The highest BCUT2D eigenvalue weighted by Gasteiger charge is 2.37. The van der Waals surface area contributed by atoms with E-state index in [2.05, 4.69) is 13.8 Å². The van der Waals surface area contributed by atoms with Crippen LogP contribution in [0.5, 0.6) is 0 Å². The first-order valence-electron chi connectivity index (χ1n) is 14.5. The lowest BCUT2D eigenvalue weighted by Crippen LogP contribution is -2.30. The smallest absolute Gasteiger partial charge is 0.142 e. The number of nitrogens with zero attached hydrogens (tertiary/aromatic N) is 2. The molecular formula is C39H34N2O2. The molecule has 0 aliphatic rings. The van der Waals surface area contributed by atoms with Gasteiger partial charge in [-0.15, -0.1) is 0 Å². The van der Waals surface area contributed by atoms with Crippen LogP contribution in [-0.4, -0.2) is 20.2 Å². The number of benzene rings is 4. The van der Waals surface area contributed by atoms with Crippen molar-refractivity contribution < 1.29 is 10.2 Å². The number of pyridine rings is 2. The number of hydrogen-bond donors (Lipinski definition) is 2. The average molecular weight is 563 g/mol. The molecule has 0 radical (unpaired) electrons. The van der Waals surface area contributed by atoms with Crippen LogP contribution in [0.4, 0.5) is 0 Å². The van der Waals surface area contributed by atoms with Crippen molar-refractivity contribution in [3.63, 3.8) is 0 Å². The van der Waals surface area contributed by atoms with Crippen molar-refractivity contribution in [2.24, 2.45) is 0 Å². The summed E-state index contributed by atoms with van der Waals surface area (Å²) in [6.07, 6.45) is 3.52. The van der Waals surface area contributed by atoms with Gasteiger partial charge in [-0.2, -0.15) is 0 Å². The molecule has 0 saturated heterocycles. The van der Waals surface area contributed by atoms with Gasteiger partial charge in [0, 0.05) is 28.9 Å². The van der Waals surface area contributed by atoms with Crippen molar-refractivity contribution in [3.05, 3.63) is 203 Å². The summed E-state index contributed by atoms with van der Waals surface area (Å²) in [4.78, 5) is 9.72. The summed E-state index contributed by atoms with van der Waals surface area (Å²) in [6, 6.07) is 46.5. The van der Waals surface area contributed by atoms with Gasteiger partial charge in [-0.3, -0.25) is 9.97 Å². The van der Waals surface area contributed by atoms with E-state index < -0.39 is 16.6 Å². The summed E-state index contributed by atoms with van der Waals surface area (Å²) in [5.74, 6) is 0. The summed E-state index contributed by atoms with van der Waals surface area (Å²) in [6.45, 7) is 4.16. The molecule has 0 aliphatic carbocycles. The predicted octanol–water partition coefficient (Wildman–Crippen LogP) is 7.37. The number of aromatic nitrogens is 2. The molecule has 0 aliphatic heterocycles. The van der Waals surface area contributed by atoms with Gasteiger partial charge >= 0.3 is 0 Å². The average Bonchev–Trinajstić information content (AvgIpc) is 3.09. The van der Waals surface area contributed by atoms with Gasteiger partial charge in [0.2, 0.25) is 0 Å². The molecule has 2 aromatic heterocycles. The van der Waals surface area contributed by atoms with E-state index in [1.807, 2.05) is 146 Å². The number of rotatable bonds is 8. The molecule has 0 atom stereocenters. The van der Waals surface area contributed by atoms with E-state index in [9.17, 15) is 10.2 Å². The van der Waals surface area contributed by atoms with Crippen molar-refractivity contribution in [2.75, 3.05) is 0 Å². The topological polar surface area (TPSA) is 66.2 Å². The molecule has 2 heterocycles. The predicted molar refractivity (Wildman–Crippen MR) is 171 cm³/mol. The van der Waals surface area contributed by atoms with Crippen molar-refractivity contribution in [3.8, 4) is 0 Å². The van der Waals surface area contributed by atoms with Crippen molar-refractivity contribution in [2.45, 2.75) is 30.5 Å². The molecule has 212 valence electrons. The highest BCUT2D eigenvalue weighted by molar-refractivity contribution is 5.48. The van der Waals surface area contributed by atoms with E-state index in [0.29, 0.717) is 11.1 Å². The molecule has 0 bridgehead atoms. The molecule has 6 rings (SSSR count). The molecule has 4 nitrogen and oxygen atoms in total. The second-order valence-corrected chi connectivity index (χ2v) is 11.4. The molecule has 4 heteroatoms. The van der Waals surface area contributed by atoms with Crippen LogP contribution < -0.4 is 0 Å². The Morgan fingerprint density at radius 2 is 0.651 bits per heavy atom. The molecule has 6 aromatic rings. The maximum Gasteiger partial charge on any atom is 0.142 e. The minimum atomic E-state index is -1.35. The summed E-state index contributed by atoms with van der Waals surface area (Å²) in [7, 11) is 0. The SMILES string of the molecule is CC(C)(c1ccc(C(O)(c2ccccc2)c2ccccc2)cn1)c1ccc(C(O)(c2ccccc2)c2ccccc2)cn1. The van der Waals surface area contributed by atoms with Crippen LogP contribution in [0.15, 0.2) is 158 Å². The van der Waals surface area contributed by atoms with Crippen LogP contribution in [0.3, 0.4) is 0 Å². The lowest BCUT2D eigenvalue weighted by Gasteiger charge is -2.32. The molecule has 0 spiro atoms. The maximum atomic E-state index is 12.2. The van der Waals surface area contributed by atoms with Gasteiger partial charge in [0.1, 0.15) is 11.2 Å². The summed E-state index contributed by atoms with van der Waals surface area (Å²) < 4.78 is 0. The molecule has 0 saturated carbocycles. The molecule has 43 heavy (non-hydrogen) atoms. The van der Waals surface area contributed by atoms with Crippen LogP contribution >= 0.6 is 0 Å². The van der Waals surface area contributed by atoms with Crippen LogP contribution in [0, 0.1) is 0 Å². The van der Waals surface area contributed by atoms with E-state index in [4.69, 9.17) is 9.97 Å². The van der Waals surface area contributed by atoms with E-state index >= 15 is 0 Å². The van der Waals surface area contributed by atoms with Gasteiger partial charge in [0.25, 0.3) is 0 Å². The third kappa shape index (κ3) is 5.05. The Morgan fingerprint density at radius 3 is 0.884 bits per heavy atom. The largest absolute Gasteiger partial charge is 0.376 e. The molecular weight excluding hydrogens is 528 g/mol. The Hall–Kier alpha value is -4.90. The Balaban J connectivity index is 1.35. The zero-order valence-corrected chi connectivity index (χ0v) is 24.3. The zero-order chi connectivity index (χ0) is 29.9. The quantitative estimate of drug-likeness (QED) is 0.203. The fourth-order valence-electron chi connectivity index (χ4n) is 5.80. The van der Waals surface area contributed by atoms with Crippen LogP contribution in [0.1, 0.15) is 58.6 Å². The Morgan fingerprint density at radius 1 is 0.372 bits per heavy atom. The summed E-state index contributed by atoms with van der Waals surface area (Å²) in [5.41, 5.74) is 2.87. The van der Waals surface area contributed by atoms with E-state index in [-0.39, 0.29) is 0 Å². The molecule has 4 aromatic carbocycles. The van der Waals surface area contributed by atoms with Gasteiger partial charge in [-0.1, -0.05) is 133 Å². The van der Waals surface area contributed by atoms with Gasteiger partial charge in [0.05, 0.1) is 11.4 Å². The summed E-state index contributed by atoms with van der Waals surface area (Å²) in [5, 5.41) is 24.3. The van der Waals surface area contributed by atoms with Gasteiger partial charge in [-0.25, -0.2) is 0 Å². The fraction of sp³-hybridized carbons (Fsp3) is 0.128. The van der Waals surface area contributed by atoms with E-state index in [1.165, 1.54) is 0 Å². The van der Waals surface area contributed by atoms with Crippen LogP contribution in [0.2, 0.25) is 0 Å². The Bertz CT molecular complexity index is 1560. The van der Waals surface area contributed by atoms with Crippen molar-refractivity contribution in [1.29, 1.82) is 0 Å². The third-order valence-corrected chi connectivity index (χ3v) is 8.41. The van der Waals surface area contributed by atoms with Gasteiger partial charge in [-0.05, 0) is 48.2 Å². The highest BCUT2D eigenvalue weighted by Crippen LogP contribution is 2.39. The Kier molecular flexibility index (Phi) is 7.49. The Labute approximate surface area is 253 Å². The molecule has 0 unspecified atom stereocenters. The second kappa shape index (κ2) is 11.4. The number of hydrogen-bond acceptors (Lipinski definition) is 4. The maximum absolute atomic E-state index is 12.2. The lowest BCUT2D eigenvalue weighted by molar-refractivity contribution is 0.125. The van der Waals surface area contributed by atoms with Gasteiger partial charge < -0.3 is 10.2 Å². The number of aliphatic hydroxyl groups is 2. The van der Waals surface area contributed by atoms with Gasteiger partial charge in [0.15, 0.2) is 0 Å². The van der Waals surface area contributed by atoms with Crippen LogP contribution in [-0.2, 0) is 16.6 Å². The zero-order valence-electron chi connectivity index (χ0n) is 24.3. The monoisotopic (exact) mass is 562 g/mol. The molecule has 0 amide bonds. The second-order valence-electron chi connectivity index (χ2n) is 11.4. The van der Waals surface area contributed by atoms with Crippen molar-refractivity contribution >= 4 is 0 Å².